The van der Waals surface area contributed by atoms with Gasteiger partial charge in [-0.1, -0.05) is 76.9 Å². The van der Waals surface area contributed by atoms with Gasteiger partial charge in [-0.15, -0.1) is 0 Å². The first-order valence-corrected chi connectivity index (χ1v) is 11.3. The van der Waals surface area contributed by atoms with Crippen LogP contribution < -0.4 is 0 Å². The fourth-order valence-corrected chi connectivity index (χ4v) is 3.25. The first-order valence-electron chi connectivity index (χ1n) is 11.3. The van der Waals surface area contributed by atoms with E-state index in [1.165, 1.54) is 32.1 Å². The molecule has 2 atom stereocenters. The summed E-state index contributed by atoms with van der Waals surface area (Å²) < 4.78 is 0. The molecule has 0 rings (SSSR count). The molecule has 3 N–H and O–H groups in total. The molecule has 0 aromatic heterocycles. The molecule has 27 heavy (non-hydrogen) atoms. The normalized spacial score (nSPS) is 13.9. The average molecular weight is 385 g/mol. The molecular formula is C23H44O4. The van der Waals surface area contributed by atoms with Gasteiger partial charge in [-0.05, 0) is 44.9 Å². The number of aliphatic hydroxyl groups is 2. The molecule has 0 bridgehead atoms. The van der Waals surface area contributed by atoms with Gasteiger partial charge in [0, 0.05) is 6.42 Å². The van der Waals surface area contributed by atoms with Crippen molar-refractivity contribution in [3.63, 3.8) is 0 Å². The molecule has 0 aliphatic rings. The van der Waals surface area contributed by atoms with Crippen molar-refractivity contribution in [2.75, 3.05) is 0 Å². The first kappa shape index (κ1) is 26.1. The van der Waals surface area contributed by atoms with E-state index in [0.29, 0.717) is 19.3 Å². The summed E-state index contributed by atoms with van der Waals surface area (Å²) in [7, 11) is 0. The minimum Gasteiger partial charge on any atom is -0.481 e. The Hall–Kier alpha value is -0.870. The standard InChI is InChI=1S/C23H44O4/c1-2-3-4-5-6-7-10-13-16-21(24)19-20-22(25)17-14-11-8-9-12-15-18-23(26)27/h10,13,21-22,24-25H,2-9,11-12,14-20H2,1H3,(H,26,27). The summed E-state index contributed by atoms with van der Waals surface area (Å²) >= 11 is 0. The minimum absolute atomic E-state index is 0.273. The summed E-state index contributed by atoms with van der Waals surface area (Å²) in [4.78, 5) is 10.4. The van der Waals surface area contributed by atoms with Gasteiger partial charge in [-0.3, -0.25) is 4.79 Å². The molecule has 0 aromatic rings. The predicted octanol–water partition coefficient (Wildman–Crippen LogP) is 6.00. The summed E-state index contributed by atoms with van der Waals surface area (Å²) in [6, 6.07) is 0. The van der Waals surface area contributed by atoms with E-state index >= 15 is 0 Å². The van der Waals surface area contributed by atoms with E-state index in [2.05, 4.69) is 19.1 Å². The van der Waals surface area contributed by atoms with Crippen molar-refractivity contribution in [1.82, 2.24) is 0 Å². The van der Waals surface area contributed by atoms with Crippen LogP contribution >= 0.6 is 0 Å². The molecule has 0 heterocycles. The van der Waals surface area contributed by atoms with Crippen LogP contribution in [0.15, 0.2) is 12.2 Å². The Bertz CT molecular complexity index is 354. The third-order valence-corrected chi connectivity index (χ3v) is 5.06. The van der Waals surface area contributed by atoms with E-state index in [1.54, 1.807) is 0 Å². The lowest BCUT2D eigenvalue weighted by Crippen LogP contribution is -2.12. The molecule has 0 aromatic carbocycles. The second-order valence-electron chi connectivity index (χ2n) is 7.85. The Morgan fingerprint density at radius 2 is 1.33 bits per heavy atom. The van der Waals surface area contributed by atoms with Crippen molar-refractivity contribution in [3.05, 3.63) is 12.2 Å². The zero-order valence-corrected chi connectivity index (χ0v) is 17.6. The smallest absolute Gasteiger partial charge is 0.303 e. The van der Waals surface area contributed by atoms with Crippen LogP contribution in [0.25, 0.3) is 0 Å². The topological polar surface area (TPSA) is 77.8 Å². The summed E-state index contributed by atoms with van der Waals surface area (Å²) in [5.74, 6) is -0.710. The zero-order chi connectivity index (χ0) is 20.2. The average Bonchev–Trinajstić information content (AvgIpc) is 2.64. The molecule has 160 valence electrons. The Balaban J connectivity index is 3.42. The van der Waals surface area contributed by atoms with Crippen molar-refractivity contribution in [2.24, 2.45) is 0 Å². The highest BCUT2D eigenvalue weighted by Gasteiger charge is 2.08. The van der Waals surface area contributed by atoms with E-state index in [1.807, 2.05) is 0 Å². The van der Waals surface area contributed by atoms with Crippen LogP contribution in [0.2, 0.25) is 0 Å². The largest absolute Gasteiger partial charge is 0.481 e. The van der Waals surface area contributed by atoms with Gasteiger partial charge in [0.15, 0.2) is 0 Å². The second kappa shape index (κ2) is 19.9. The SMILES string of the molecule is CCCCCCCC=CCC(O)CCC(O)CCCCCCCCC(=O)O. The van der Waals surface area contributed by atoms with Crippen LogP contribution in [0.5, 0.6) is 0 Å². The molecule has 2 unspecified atom stereocenters. The lowest BCUT2D eigenvalue weighted by atomic mass is 10.0. The van der Waals surface area contributed by atoms with E-state index in [0.717, 1.165) is 51.4 Å². The predicted molar refractivity (Wildman–Crippen MR) is 113 cm³/mol. The molecule has 0 saturated heterocycles. The summed E-state index contributed by atoms with van der Waals surface area (Å²) in [6.45, 7) is 2.23. The summed E-state index contributed by atoms with van der Waals surface area (Å²) in [5, 5.41) is 28.6. The monoisotopic (exact) mass is 384 g/mol. The maximum Gasteiger partial charge on any atom is 0.303 e. The fourth-order valence-electron chi connectivity index (χ4n) is 3.25. The molecule has 0 amide bonds. The number of hydrogen-bond acceptors (Lipinski definition) is 3. The van der Waals surface area contributed by atoms with Crippen LogP contribution in [-0.4, -0.2) is 33.5 Å². The van der Waals surface area contributed by atoms with E-state index in [9.17, 15) is 15.0 Å². The van der Waals surface area contributed by atoms with Crippen LogP contribution in [0.4, 0.5) is 0 Å². The number of carboxylic acid groups (broad SMARTS) is 1. The van der Waals surface area contributed by atoms with Crippen LogP contribution in [0.1, 0.15) is 116 Å². The zero-order valence-electron chi connectivity index (χ0n) is 17.6. The maximum atomic E-state index is 10.4. The van der Waals surface area contributed by atoms with Crippen molar-refractivity contribution in [1.29, 1.82) is 0 Å². The molecule has 0 radical (unpaired) electrons. The van der Waals surface area contributed by atoms with Gasteiger partial charge in [0.25, 0.3) is 0 Å². The summed E-state index contributed by atoms with van der Waals surface area (Å²) in [6.07, 6.45) is 20.3. The highest BCUT2D eigenvalue weighted by atomic mass is 16.4. The number of carbonyl (C=O) groups is 1. The number of aliphatic carboxylic acids is 1. The van der Waals surface area contributed by atoms with Crippen LogP contribution in [0, 0.1) is 0 Å². The quantitative estimate of drug-likeness (QED) is 0.178. The molecule has 0 saturated carbocycles. The van der Waals surface area contributed by atoms with Gasteiger partial charge in [0.1, 0.15) is 0 Å². The van der Waals surface area contributed by atoms with Gasteiger partial charge >= 0.3 is 5.97 Å². The van der Waals surface area contributed by atoms with Crippen molar-refractivity contribution in [2.45, 2.75) is 128 Å². The maximum absolute atomic E-state index is 10.4. The van der Waals surface area contributed by atoms with Gasteiger partial charge in [-0.2, -0.15) is 0 Å². The summed E-state index contributed by atoms with van der Waals surface area (Å²) in [5.41, 5.74) is 0. The Morgan fingerprint density at radius 1 is 0.741 bits per heavy atom. The highest BCUT2D eigenvalue weighted by Crippen LogP contribution is 2.14. The third kappa shape index (κ3) is 21.3. The number of allylic oxidation sites excluding steroid dienone is 1. The van der Waals surface area contributed by atoms with E-state index in [4.69, 9.17) is 5.11 Å². The lowest BCUT2D eigenvalue weighted by Gasteiger charge is -2.13. The Morgan fingerprint density at radius 3 is 2.04 bits per heavy atom. The Labute approximate surface area is 167 Å². The Kier molecular flexibility index (Phi) is 19.2. The molecule has 4 nitrogen and oxygen atoms in total. The number of aliphatic hydroxyl groups excluding tert-OH is 2. The van der Waals surface area contributed by atoms with Crippen molar-refractivity contribution >= 4 is 5.97 Å². The first-order chi connectivity index (χ1) is 13.1. The van der Waals surface area contributed by atoms with Gasteiger partial charge in [-0.25, -0.2) is 0 Å². The molecule has 0 spiro atoms. The fraction of sp³-hybridized carbons (Fsp3) is 0.870. The van der Waals surface area contributed by atoms with Crippen molar-refractivity contribution < 1.29 is 20.1 Å². The number of carboxylic acids is 1. The lowest BCUT2D eigenvalue weighted by molar-refractivity contribution is -0.137. The number of hydrogen-bond donors (Lipinski definition) is 3. The second-order valence-corrected chi connectivity index (χ2v) is 7.85. The molecule has 4 heteroatoms. The van der Waals surface area contributed by atoms with Crippen molar-refractivity contribution in [3.8, 4) is 0 Å². The highest BCUT2D eigenvalue weighted by molar-refractivity contribution is 5.66. The third-order valence-electron chi connectivity index (χ3n) is 5.06. The van der Waals surface area contributed by atoms with Crippen LogP contribution in [-0.2, 0) is 4.79 Å². The molecule has 0 aliphatic carbocycles. The molecule has 0 fully saturated rings. The number of rotatable bonds is 20. The molecule has 0 aliphatic heterocycles. The minimum atomic E-state index is -0.710. The molecular weight excluding hydrogens is 340 g/mol. The van der Waals surface area contributed by atoms with Gasteiger partial charge in [0.2, 0.25) is 0 Å². The van der Waals surface area contributed by atoms with Gasteiger partial charge < -0.3 is 15.3 Å². The van der Waals surface area contributed by atoms with Crippen LogP contribution in [0.3, 0.4) is 0 Å². The van der Waals surface area contributed by atoms with Gasteiger partial charge in [0.05, 0.1) is 12.2 Å². The number of unbranched alkanes of at least 4 members (excludes halogenated alkanes) is 10. The van der Waals surface area contributed by atoms with E-state index < -0.39 is 5.97 Å². The van der Waals surface area contributed by atoms with E-state index in [-0.39, 0.29) is 18.6 Å².